The van der Waals surface area contributed by atoms with E-state index < -0.39 is 0 Å². The molecule has 4 nitrogen and oxygen atoms in total. The van der Waals surface area contributed by atoms with Crippen LogP contribution < -0.4 is 10.1 Å². The first kappa shape index (κ1) is 12.9. The van der Waals surface area contributed by atoms with Crippen molar-refractivity contribution in [2.75, 3.05) is 5.32 Å². The predicted octanol–water partition coefficient (Wildman–Crippen LogP) is 2.63. The number of hydrogen-bond acceptors (Lipinski definition) is 3. The molecule has 0 saturated carbocycles. The van der Waals surface area contributed by atoms with Gasteiger partial charge in [-0.3, -0.25) is 10.2 Å². The molecule has 0 fully saturated rings. The summed E-state index contributed by atoms with van der Waals surface area (Å²) in [6, 6.07) is 5.37. The van der Waals surface area contributed by atoms with Crippen LogP contribution in [0.1, 0.15) is 5.56 Å². The number of aromatic nitrogens is 1. The lowest BCUT2D eigenvalue weighted by atomic mass is 10.2. The molecule has 1 amide bonds. The molecule has 2 N–H and O–H groups in total. The van der Waals surface area contributed by atoms with Crippen LogP contribution in [0.15, 0.2) is 29.8 Å². The van der Waals surface area contributed by atoms with Crippen molar-refractivity contribution >= 4 is 34.5 Å². The third-order valence-corrected chi connectivity index (χ3v) is 3.57. The molecule has 1 aromatic carbocycles. The Morgan fingerprint density at radius 3 is 2.94 bits per heavy atom. The molecule has 1 heterocycles. The van der Waals surface area contributed by atoms with Crippen LogP contribution >= 0.6 is 22.9 Å². The van der Waals surface area contributed by atoms with E-state index in [4.69, 9.17) is 17.0 Å². The number of hydrogen-bond donors (Lipinski definition) is 2. The van der Waals surface area contributed by atoms with E-state index in [0.717, 1.165) is 5.56 Å². The van der Waals surface area contributed by atoms with E-state index in [1.165, 1.54) is 11.3 Å². The van der Waals surface area contributed by atoms with Gasteiger partial charge in [0.1, 0.15) is 6.54 Å². The molecule has 0 bridgehead atoms. The first-order valence-corrected chi connectivity index (χ1v) is 6.56. The van der Waals surface area contributed by atoms with Crippen molar-refractivity contribution in [3.05, 3.63) is 45.2 Å². The molecule has 0 atom stereocenters. The molecule has 0 radical (unpaired) electrons. The third kappa shape index (κ3) is 3.00. The number of benzene rings is 1. The van der Waals surface area contributed by atoms with Crippen LogP contribution in [0.2, 0.25) is 5.02 Å². The summed E-state index contributed by atoms with van der Waals surface area (Å²) in [7, 11) is 0. The summed E-state index contributed by atoms with van der Waals surface area (Å²) >= 11 is 7.27. The second-order valence-corrected chi connectivity index (χ2v) is 5.15. The van der Waals surface area contributed by atoms with Gasteiger partial charge in [-0.1, -0.05) is 17.7 Å². The molecule has 2 rings (SSSR count). The van der Waals surface area contributed by atoms with Gasteiger partial charge in [0.2, 0.25) is 5.91 Å². The van der Waals surface area contributed by atoms with Gasteiger partial charge in [0, 0.05) is 22.3 Å². The van der Waals surface area contributed by atoms with Crippen LogP contribution in [-0.2, 0) is 11.3 Å². The predicted molar refractivity (Wildman–Crippen MR) is 73.0 cm³/mol. The van der Waals surface area contributed by atoms with Crippen LogP contribution in [0.4, 0.5) is 5.69 Å². The van der Waals surface area contributed by atoms with Gasteiger partial charge in [0.05, 0.1) is 0 Å². The average molecular weight is 282 g/mol. The lowest BCUT2D eigenvalue weighted by molar-refractivity contribution is -0.116. The van der Waals surface area contributed by atoms with E-state index in [1.807, 2.05) is 13.0 Å². The summed E-state index contributed by atoms with van der Waals surface area (Å²) in [6.45, 7) is 2.04. The highest BCUT2D eigenvalue weighted by molar-refractivity contribution is 7.06. The first-order valence-electron chi connectivity index (χ1n) is 5.31. The van der Waals surface area contributed by atoms with Gasteiger partial charge >= 0.3 is 0 Å². The molecule has 0 aliphatic rings. The summed E-state index contributed by atoms with van der Waals surface area (Å²) in [5, 5.41) is 12.7. The van der Waals surface area contributed by atoms with Gasteiger partial charge in [0.15, 0.2) is 4.80 Å². The fraction of sp³-hybridized carbons (Fsp3) is 0.167. The number of aryl methyl sites for hydroxylation is 1. The lowest BCUT2D eigenvalue weighted by Gasteiger charge is -2.07. The van der Waals surface area contributed by atoms with Gasteiger partial charge in [-0.25, -0.2) is 0 Å². The maximum atomic E-state index is 11.8. The lowest BCUT2D eigenvalue weighted by Crippen LogP contribution is -2.23. The number of amides is 1. The highest BCUT2D eigenvalue weighted by atomic mass is 35.5. The maximum absolute atomic E-state index is 11.8. The Morgan fingerprint density at radius 1 is 1.56 bits per heavy atom. The summed E-state index contributed by atoms with van der Waals surface area (Å²) in [4.78, 5) is 12.1. The summed E-state index contributed by atoms with van der Waals surface area (Å²) in [5.41, 5.74) is 1.63. The van der Waals surface area contributed by atoms with Gasteiger partial charge in [-0.2, -0.15) is 0 Å². The smallest absolute Gasteiger partial charge is 0.244 e. The molecule has 0 aliphatic carbocycles. The molecule has 0 saturated heterocycles. The number of nitrogens with one attached hydrogen (secondary N) is 2. The van der Waals surface area contributed by atoms with Crippen molar-refractivity contribution in [2.24, 2.45) is 0 Å². The molecule has 94 valence electrons. The number of nitrogens with zero attached hydrogens (tertiary/aromatic N) is 1. The number of carbonyl (C=O) groups is 1. The van der Waals surface area contributed by atoms with Gasteiger partial charge in [-0.15, -0.1) is 11.3 Å². The Labute approximate surface area is 113 Å². The normalized spacial score (nSPS) is 10.3. The molecule has 1 aromatic heterocycles. The number of rotatable bonds is 3. The van der Waals surface area contributed by atoms with Crippen molar-refractivity contribution in [1.29, 1.82) is 5.41 Å². The minimum Gasteiger partial charge on any atom is -0.324 e. The molecule has 0 spiro atoms. The molecular weight excluding hydrogens is 270 g/mol. The van der Waals surface area contributed by atoms with Gasteiger partial charge in [-0.05, 0) is 24.6 Å². The van der Waals surface area contributed by atoms with E-state index in [0.29, 0.717) is 15.5 Å². The number of halogens is 1. The fourth-order valence-electron chi connectivity index (χ4n) is 1.45. The highest BCUT2D eigenvalue weighted by Crippen LogP contribution is 2.19. The fourth-order valence-corrected chi connectivity index (χ4v) is 2.23. The van der Waals surface area contributed by atoms with Crippen LogP contribution in [0, 0.1) is 12.3 Å². The van der Waals surface area contributed by atoms with Crippen LogP contribution in [0.25, 0.3) is 0 Å². The minimum atomic E-state index is -0.174. The largest absolute Gasteiger partial charge is 0.324 e. The number of carbonyl (C=O) groups excluding carboxylic acids is 1. The van der Waals surface area contributed by atoms with E-state index in [2.05, 4.69) is 5.32 Å². The van der Waals surface area contributed by atoms with Crippen molar-refractivity contribution in [2.45, 2.75) is 13.5 Å². The van der Waals surface area contributed by atoms with Crippen molar-refractivity contribution in [3.8, 4) is 0 Å². The van der Waals surface area contributed by atoms with E-state index in [9.17, 15) is 4.79 Å². The highest BCUT2D eigenvalue weighted by Gasteiger charge is 2.05. The van der Waals surface area contributed by atoms with Gasteiger partial charge < -0.3 is 9.88 Å². The van der Waals surface area contributed by atoms with E-state index >= 15 is 0 Å². The Bertz CT molecular complexity index is 632. The molecule has 2 aromatic rings. The van der Waals surface area contributed by atoms with E-state index in [-0.39, 0.29) is 12.5 Å². The molecule has 18 heavy (non-hydrogen) atoms. The zero-order chi connectivity index (χ0) is 13.1. The van der Waals surface area contributed by atoms with Crippen LogP contribution in [0.3, 0.4) is 0 Å². The number of anilines is 1. The van der Waals surface area contributed by atoms with Crippen LogP contribution in [-0.4, -0.2) is 10.5 Å². The minimum absolute atomic E-state index is 0.133. The molecule has 6 heteroatoms. The van der Waals surface area contributed by atoms with Crippen molar-refractivity contribution in [1.82, 2.24) is 4.57 Å². The summed E-state index contributed by atoms with van der Waals surface area (Å²) < 4.78 is 1.58. The Kier molecular flexibility index (Phi) is 3.84. The number of thiazole rings is 1. The summed E-state index contributed by atoms with van der Waals surface area (Å²) in [5.74, 6) is -0.174. The third-order valence-electron chi connectivity index (χ3n) is 2.45. The average Bonchev–Trinajstić information content (AvgIpc) is 2.70. The van der Waals surface area contributed by atoms with Crippen molar-refractivity contribution in [3.63, 3.8) is 0 Å². The zero-order valence-corrected chi connectivity index (χ0v) is 11.3. The molecule has 0 aliphatic heterocycles. The zero-order valence-electron chi connectivity index (χ0n) is 9.74. The Hall–Kier alpha value is -1.59. The molecular formula is C12H12ClN3OS. The second kappa shape index (κ2) is 5.37. The standard InChI is InChI=1S/C12H12ClN3OS/c1-8-2-3-9(6-10(8)13)15-11(17)7-16-4-5-18-12(16)14/h2-6,14H,7H2,1H3,(H,15,17). The quantitative estimate of drug-likeness (QED) is 0.893. The molecule has 0 unspecified atom stereocenters. The second-order valence-electron chi connectivity index (χ2n) is 3.85. The van der Waals surface area contributed by atoms with E-state index in [1.54, 1.807) is 28.3 Å². The van der Waals surface area contributed by atoms with Crippen LogP contribution in [0.5, 0.6) is 0 Å². The maximum Gasteiger partial charge on any atom is 0.244 e. The van der Waals surface area contributed by atoms with Gasteiger partial charge in [0.25, 0.3) is 0 Å². The SMILES string of the molecule is Cc1ccc(NC(=O)Cn2ccsc2=N)cc1Cl. The Balaban J connectivity index is 2.05. The summed E-state index contributed by atoms with van der Waals surface area (Å²) in [6.07, 6.45) is 1.72. The Morgan fingerprint density at radius 2 is 2.33 bits per heavy atom. The van der Waals surface area contributed by atoms with Crippen molar-refractivity contribution < 1.29 is 4.79 Å². The topological polar surface area (TPSA) is 57.9 Å². The monoisotopic (exact) mass is 281 g/mol. The first-order chi connectivity index (χ1) is 8.56.